The molecule has 3 aromatic carbocycles. The third-order valence-electron chi connectivity index (χ3n) is 5.74. The fraction of sp³-hybridized carbons (Fsp3) is 0.192. The summed E-state index contributed by atoms with van der Waals surface area (Å²) in [6, 6.07) is 20.1. The molecule has 1 aliphatic rings. The minimum atomic E-state index is -0.272. The second-order valence-corrected chi connectivity index (χ2v) is 8.46. The van der Waals surface area contributed by atoms with Crippen LogP contribution in [0.1, 0.15) is 27.0 Å². The number of ketones is 1. The van der Waals surface area contributed by atoms with E-state index in [0.717, 1.165) is 22.5 Å². The molecule has 3 aromatic rings. The topological polar surface area (TPSA) is 69.7 Å². The Morgan fingerprint density at radius 3 is 2.42 bits per heavy atom. The summed E-state index contributed by atoms with van der Waals surface area (Å²) in [5.74, 6) is -0.302. The number of urea groups is 1. The van der Waals surface area contributed by atoms with Gasteiger partial charge in [-0.2, -0.15) is 0 Å². The SMILES string of the molecule is Cc1ccccc1C(=O)c1ccc(Nc2ccccc2CCN2C(=O)CN(C)C2=O)cc1Cl. The molecule has 3 amide bonds. The summed E-state index contributed by atoms with van der Waals surface area (Å²) in [5, 5.41) is 3.71. The summed E-state index contributed by atoms with van der Waals surface area (Å²) in [5.41, 5.74) is 4.52. The van der Waals surface area contributed by atoms with E-state index in [-0.39, 0.29) is 24.3 Å². The van der Waals surface area contributed by atoms with Crippen LogP contribution in [0.15, 0.2) is 66.7 Å². The molecule has 0 spiro atoms. The molecule has 0 aliphatic carbocycles. The van der Waals surface area contributed by atoms with Crippen molar-refractivity contribution in [3.63, 3.8) is 0 Å². The summed E-state index contributed by atoms with van der Waals surface area (Å²) < 4.78 is 0. The van der Waals surface area contributed by atoms with Crippen molar-refractivity contribution in [2.45, 2.75) is 13.3 Å². The Bertz CT molecular complexity index is 1240. The van der Waals surface area contributed by atoms with Gasteiger partial charge in [-0.05, 0) is 48.7 Å². The fourth-order valence-electron chi connectivity index (χ4n) is 3.89. The number of hydrogen-bond donors (Lipinski definition) is 1. The Hall–Kier alpha value is -3.64. The van der Waals surface area contributed by atoms with Crippen LogP contribution in [0, 0.1) is 6.92 Å². The fourth-order valence-corrected chi connectivity index (χ4v) is 4.15. The molecule has 0 unspecified atom stereocenters. The van der Waals surface area contributed by atoms with Crippen LogP contribution < -0.4 is 5.32 Å². The van der Waals surface area contributed by atoms with Crippen molar-refractivity contribution in [3.05, 3.63) is 94.0 Å². The molecule has 1 saturated heterocycles. The van der Waals surface area contributed by atoms with Crippen molar-refractivity contribution in [2.24, 2.45) is 0 Å². The number of nitrogens with zero attached hydrogens (tertiary/aromatic N) is 2. The van der Waals surface area contributed by atoms with E-state index >= 15 is 0 Å². The number of halogens is 1. The van der Waals surface area contributed by atoms with Gasteiger partial charge in [0.15, 0.2) is 5.78 Å². The molecule has 6 nitrogen and oxygen atoms in total. The zero-order valence-electron chi connectivity index (χ0n) is 18.5. The smallest absolute Gasteiger partial charge is 0.326 e. The van der Waals surface area contributed by atoms with Crippen molar-refractivity contribution >= 4 is 40.7 Å². The molecule has 33 heavy (non-hydrogen) atoms. The third-order valence-corrected chi connectivity index (χ3v) is 6.05. The summed E-state index contributed by atoms with van der Waals surface area (Å²) in [6.07, 6.45) is 0.520. The van der Waals surface area contributed by atoms with Crippen LogP contribution >= 0.6 is 11.6 Å². The quantitative estimate of drug-likeness (QED) is 0.394. The van der Waals surface area contributed by atoms with Crippen molar-refractivity contribution in [2.75, 3.05) is 25.5 Å². The minimum absolute atomic E-state index is 0.116. The first-order valence-corrected chi connectivity index (χ1v) is 11.0. The van der Waals surface area contributed by atoms with E-state index in [0.29, 0.717) is 29.1 Å². The molecule has 1 aliphatic heterocycles. The lowest BCUT2D eigenvalue weighted by molar-refractivity contribution is -0.125. The largest absolute Gasteiger partial charge is 0.355 e. The van der Waals surface area contributed by atoms with Gasteiger partial charge in [-0.3, -0.25) is 14.5 Å². The van der Waals surface area contributed by atoms with Crippen LogP contribution in [0.4, 0.5) is 16.2 Å². The molecule has 7 heteroatoms. The highest BCUT2D eigenvalue weighted by atomic mass is 35.5. The van der Waals surface area contributed by atoms with Gasteiger partial charge in [0.05, 0.1) is 5.02 Å². The van der Waals surface area contributed by atoms with Gasteiger partial charge in [0, 0.05) is 36.1 Å². The van der Waals surface area contributed by atoms with Gasteiger partial charge in [-0.15, -0.1) is 0 Å². The highest BCUT2D eigenvalue weighted by Crippen LogP contribution is 2.28. The number of anilines is 2. The van der Waals surface area contributed by atoms with Gasteiger partial charge < -0.3 is 10.2 Å². The maximum absolute atomic E-state index is 12.9. The van der Waals surface area contributed by atoms with Crippen LogP contribution in [0.25, 0.3) is 0 Å². The van der Waals surface area contributed by atoms with Crippen LogP contribution in [-0.2, 0) is 11.2 Å². The third kappa shape index (κ3) is 4.76. The monoisotopic (exact) mass is 461 g/mol. The number of para-hydroxylation sites is 1. The Morgan fingerprint density at radius 2 is 1.73 bits per heavy atom. The number of hydrogen-bond acceptors (Lipinski definition) is 4. The second kappa shape index (κ2) is 9.46. The van der Waals surface area contributed by atoms with Crippen LogP contribution in [-0.4, -0.2) is 47.7 Å². The average molecular weight is 462 g/mol. The van der Waals surface area contributed by atoms with Crippen molar-refractivity contribution in [1.29, 1.82) is 0 Å². The van der Waals surface area contributed by atoms with Gasteiger partial charge in [0.2, 0.25) is 5.91 Å². The van der Waals surface area contributed by atoms with Gasteiger partial charge in [-0.1, -0.05) is 54.1 Å². The Labute approximate surface area is 197 Å². The number of benzene rings is 3. The normalized spacial score (nSPS) is 13.5. The first kappa shape index (κ1) is 22.6. The Kier molecular flexibility index (Phi) is 6.47. The Balaban J connectivity index is 1.50. The van der Waals surface area contributed by atoms with Gasteiger partial charge in [0.1, 0.15) is 6.54 Å². The molecule has 1 N–H and O–H groups in total. The lowest BCUT2D eigenvalue weighted by atomic mass is 9.99. The number of amides is 3. The van der Waals surface area contributed by atoms with Crippen molar-refractivity contribution in [3.8, 4) is 0 Å². The molecule has 0 bridgehead atoms. The molecule has 0 atom stereocenters. The number of imide groups is 1. The first-order chi connectivity index (χ1) is 15.8. The number of aryl methyl sites for hydroxylation is 1. The number of carbonyl (C=O) groups is 3. The molecule has 1 fully saturated rings. The van der Waals surface area contributed by atoms with Gasteiger partial charge >= 0.3 is 6.03 Å². The molecule has 0 aromatic heterocycles. The molecular formula is C26H24ClN3O3. The summed E-state index contributed by atoms with van der Waals surface area (Å²) in [6.45, 7) is 2.32. The van der Waals surface area contributed by atoms with E-state index < -0.39 is 0 Å². The van der Waals surface area contributed by atoms with Crippen LogP contribution in [0.2, 0.25) is 5.02 Å². The van der Waals surface area contributed by atoms with E-state index in [2.05, 4.69) is 5.32 Å². The van der Waals surface area contributed by atoms with E-state index in [9.17, 15) is 14.4 Å². The molecular weight excluding hydrogens is 438 g/mol. The number of rotatable bonds is 7. The van der Waals surface area contributed by atoms with E-state index in [1.807, 2.05) is 55.5 Å². The van der Waals surface area contributed by atoms with Gasteiger partial charge in [0.25, 0.3) is 0 Å². The standard InChI is InChI=1S/C26H24ClN3O3/c1-17-7-3-5-9-20(17)25(32)21-12-11-19(15-22(21)27)28-23-10-6-4-8-18(23)13-14-30-24(31)16-29(2)26(30)33/h3-12,15,28H,13-14,16H2,1-2H3. The van der Waals surface area contributed by atoms with Gasteiger partial charge in [-0.25, -0.2) is 4.79 Å². The van der Waals surface area contributed by atoms with Crippen molar-refractivity contribution in [1.82, 2.24) is 9.80 Å². The zero-order valence-corrected chi connectivity index (χ0v) is 19.2. The number of nitrogens with one attached hydrogen (secondary N) is 1. The minimum Gasteiger partial charge on any atom is -0.355 e. The Morgan fingerprint density at radius 1 is 1.00 bits per heavy atom. The molecule has 0 radical (unpaired) electrons. The lowest BCUT2D eigenvalue weighted by Gasteiger charge is -2.17. The molecule has 1 heterocycles. The maximum Gasteiger partial charge on any atom is 0.326 e. The first-order valence-electron chi connectivity index (χ1n) is 10.7. The summed E-state index contributed by atoms with van der Waals surface area (Å²) >= 11 is 6.48. The highest BCUT2D eigenvalue weighted by Gasteiger charge is 2.33. The molecule has 0 saturated carbocycles. The number of carbonyl (C=O) groups excluding carboxylic acids is 3. The summed E-state index contributed by atoms with van der Waals surface area (Å²) in [4.78, 5) is 39.8. The second-order valence-electron chi connectivity index (χ2n) is 8.05. The van der Waals surface area contributed by atoms with Crippen molar-refractivity contribution < 1.29 is 14.4 Å². The molecule has 168 valence electrons. The zero-order chi connectivity index (χ0) is 23.5. The molecule has 4 rings (SSSR count). The maximum atomic E-state index is 12.9. The van der Waals surface area contributed by atoms with E-state index in [1.165, 1.54) is 9.80 Å². The van der Waals surface area contributed by atoms with Crippen LogP contribution in [0.5, 0.6) is 0 Å². The average Bonchev–Trinajstić information content (AvgIpc) is 3.04. The predicted octanol–water partition coefficient (Wildman–Crippen LogP) is 5.06. The predicted molar refractivity (Wildman–Crippen MR) is 129 cm³/mol. The van der Waals surface area contributed by atoms with Crippen LogP contribution in [0.3, 0.4) is 0 Å². The number of likely N-dealkylation sites (N-methyl/N-ethyl adjacent to an activating group) is 1. The lowest BCUT2D eigenvalue weighted by Crippen LogP contribution is -2.33. The van der Waals surface area contributed by atoms with E-state index in [1.54, 1.807) is 25.2 Å². The van der Waals surface area contributed by atoms with E-state index in [4.69, 9.17) is 11.6 Å². The summed E-state index contributed by atoms with van der Waals surface area (Å²) in [7, 11) is 1.62. The highest BCUT2D eigenvalue weighted by molar-refractivity contribution is 6.35.